The van der Waals surface area contributed by atoms with Crippen LogP contribution in [0.25, 0.3) is 6.08 Å². The number of amides is 2. The van der Waals surface area contributed by atoms with Crippen molar-refractivity contribution in [3.05, 3.63) is 99.3 Å². The molecular formula is C24H15Cl2FN2O3S. The number of nitrogens with zero attached hydrogens (tertiary/aromatic N) is 1. The van der Waals surface area contributed by atoms with Gasteiger partial charge in [0.1, 0.15) is 23.7 Å². The summed E-state index contributed by atoms with van der Waals surface area (Å²) >= 11 is 17.1. The van der Waals surface area contributed by atoms with Gasteiger partial charge in [-0.15, -0.1) is 0 Å². The van der Waals surface area contributed by atoms with Crippen LogP contribution < -0.4 is 15.0 Å². The van der Waals surface area contributed by atoms with Crippen LogP contribution in [0.2, 0.25) is 10.0 Å². The molecule has 0 aromatic heterocycles. The molecule has 1 heterocycles. The first-order valence-corrected chi connectivity index (χ1v) is 10.8. The average Bonchev–Trinajstić information content (AvgIpc) is 2.78. The largest absolute Gasteiger partial charge is 0.489 e. The monoisotopic (exact) mass is 500 g/mol. The fourth-order valence-electron chi connectivity index (χ4n) is 3.13. The Bertz CT molecular complexity index is 1260. The van der Waals surface area contributed by atoms with Gasteiger partial charge >= 0.3 is 0 Å². The minimum atomic E-state index is -0.593. The van der Waals surface area contributed by atoms with Gasteiger partial charge in [-0.2, -0.15) is 0 Å². The van der Waals surface area contributed by atoms with Crippen LogP contribution in [0.4, 0.5) is 10.1 Å². The summed E-state index contributed by atoms with van der Waals surface area (Å²) in [5.41, 5.74) is 1.25. The zero-order valence-electron chi connectivity index (χ0n) is 16.8. The number of hydrogen-bond acceptors (Lipinski definition) is 4. The van der Waals surface area contributed by atoms with E-state index in [-0.39, 0.29) is 27.9 Å². The Morgan fingerprint density at radius 3 is 2.36 bits per heavy atom. The van der Waals surface area contributed by atoms with Gasteiger partial charge in [0.15, 0.2) is 5.11 Å². The summed E-state index contributed by atoms with van der Waals surface area (Å²) in [5, 5.41) is 3.30. The van der Waals surface area contributed by atoms with Gasteiger partial charge in [0.05, 0.1) is 10.7 Å². The third kappa shape index (κ3) is 5.06. The van der Waals surface area contributed by atoms with Crippen molar-refractivity contribution in [2.24, 2.45) is 0 Å². The predicted octanol–water partition coefficient (Wildman–Crippen LogP) is 5.54. The van der Waals surface area contributed by atoms with E-state index in [0.29, 0.717) is 22.0 Å². The highest BCUT2D eigenvalue weighted by Gasteiger charge is 2.34. The van der Waals surface area contributed by atoms with E-state index in [1.54, 1.807) is 54.6 Å². The molecular weight excluding hydrogens is 486 g/mol. The number of ether oxygens (including phenoxy) is 1. The Balaban J connectivity index is 1.52. The maximum Gasteiger partial charge on any atom is 0.270 e. The fourth-order valence-corrected chi connectivity index (χ4v) is 3.76. The molecule has 0 bridgehead atoms. The highest BCUT2D eigenvalue weighted by atomic mass is 35.5. The highest BCUT2D eigenvalue weighted by molar-refractivity contribution is 7.80. The molecule has 0 unspecified atom stereocenters. The normalized spacial score (nSPS) is 15.1. The van der Waals surface area contributed by atoms with Crippen molar-refractivity contribution in [1.29, 1.82) is 0 Å². The molecule has 0 saturated carbocycles. The summed E-state index contributed by atoms with van der Waals surface area (Å²) in [6, 6.07) is 17.6. The number of nitrogens with one attached hydrogen (secondary N) is 1. The van der Waals surface area contributed by atoms with E-state index in [2.05, 4.69) is 5.32 Å². The molecule has 1 saturated heterocycles. The molecule has 0 atom stereocenters. The Morgan fingerprint density at radius 2 is 1.70 bits per heavy atom. The third-order valence-corrected chi connectivity index (χ3v) is 5.71. The van der Waals surface area contributed by atoms with Gasteiger partial charge in [-0.1, -0.05) is 41.4 Å². The van der Waals surface area contributed by atoms with Gasteiger partial charge in [0.25, 0.3) is 11.8 Å². The topological polar surface area (TPSA) is 58.6 Å². The molecule has 1 fully saturated rings. The van der Waals surface area contributed by atoms with Crippen LogP contribution in [0.5, 0.6) is 5.75 Å². The molecule has 0 aliphatic carbocycles. The Kier molecular flexibility index (Phi) is 6.74. The number of anilines is 1. The van der Waals surface area contributed by atoms with Gasteiger partial charge in [0, 0.05) is 10.6 Å². The average molecular weight is 501 g/mol. The van der Waals surface area contributed by atoms with E-state index in [1.807, 2.05) is 0 Å². The van der Waals surface area contributed by atoms with E-state index in [4.69, 9.17) is 40.2 Å². The first-order valence-electron chi connectivity index (χ1n) is 9.66. The van der Waals surface area contributed by atoms with E-state index >= 15 is 0 Å². The van der Waals surface area contributed by atoms with Gasteiger partial charge in [-0.3, -0.25) is 19.8 Å². The minimum absolute atomic E-state index is 0.0139. The van der Waals surface area contributed by atoms with Crippen molar-refractivity contribution in [2.45, 2.75) is 6.61 Å². The summed E-state index contributed by atoms with van der Waals surface area (Å²) in [6.07, 6.45) is 1.46. The molecule has 5 nitrogen and oxygen atoms in total. The molecule has 166 valence electrons. The van der Waals surface area contributed by atoms with Crippen LogP contribution in [0.3, 0.4) is 0 Å². The van der Waals surface area contributed by atoms with E-state index in [1.165, 1.54) is 23.1 Å². The van der Waals surface area contributed by atoms with Crippen molar-refractivity contribution in [2.75, 3.05) is 4.90 Å². The van der Waals surface area contributed by atoms with Gasteiger partial charge in [-0.05, 0) is 72.4 Å². The molecule has 33 heavy (non-hydrogen) atoms. The first kappa shape index (κ1) is 22.9. The van der Waals surface area contributed by atoms with Crippen molar-refractivity contribution in [1.82, 2.24) is 5.32 Å². The number of benzene rings is 3. The molecule has 4 rings (SSSR count). The Hall–Kier alpha value is -3.26. The lowest BCUT2D eigenvalue weighted by Crippen LogP contribution is -2.54. The minimum Gasteiger partial charge on any atom is -0.489 e. The Labute approximate surface area is 204 Å². The second-order valence-corrected chi connectivity index (χ2v) is 8.22. The summed E-state index contributed by atoms with van der Waals surface area (Å²) in [5.74, 6) is -1.13. The molecule has 1 aliphatic heterocycles. The maximum absolute atomic E-state index is 13.9. The number of carbonyl (C=O) groups is 2. The zero-order valence-corrected chi connectivity index (χ0v) is 19.2. The zero-order chi connectivity index (χ0) is 23.5. The number of carbonyl (C=O) groups excluding carboxylic acids is 2. The molecule has 1 N–H and O–H groups in total. The standard InChI is InChI=1S/C24H15Cl2FN2O3S/c25-15-6-8-16(9-7-15)29-23(31)18(22(30)28-24(29)33)12-14-4-10-17(11-5-14)32-13-19-20(26)2-1-3-21(19)27/h1-12H,13H2,(H,28,30,33). The Morgan fingerprint density at radius 1 is 1.00 bits per heavy atom. The highest BCUT2D eigenvalue weighted by Crippen LogP contribution is 2.25. The fraction of sp³-hybridized carbons (Fsp3) is 0.0417. The lowest BCUT2D eigenvalue weighted by Gasteiger charge is -2.28. The smallest absolute Gasteiger partial charge is 0.270 e. The van der Waals surface area contributed by atoms with Crippen LogP contribution in [0.15, 0.2) is 72.3 Å². The van der Waals surface area contributed by atoms with Crippen LogP contribution in [-0.4, -0.2) is 16.9 Å². The van der Waals surface area contributed by atoms with Crippen LogP contribution in [0, 0.1) is 5.82 Å². The predicted molar refractivity (Wildman–Crippen MR) is 130 cm³/mol. The molecule has 2 amide bonds. The summed E-state index contributed by atoms with van der Waals surface area (Å²) in [4.78, 5) is 26.7. The van der Waals surface area contributed by atoms with Crippen LogP contribution in [-0.2, 0) is 16.2 Å². The number of rotatable bonds is 5. The van der Waals surface area contributed by atoms with Crippen molar-refractivity contribution in [3.8, 4) is 5.75 Å². The van der Waals surface area contributed by atoms with Crippen molar-refractivity contribution < 1.29 is 18.7 Å². The van der Waals surface area contributed by atoms with Gasteiger partial charge in [-0.25, -0.2) is 4.39 Å². The second kappa shape index (κ2) is 9.70. The molecule has 1 aliphatic rings. The lowest BCUT2D eigenvalue weighted by atomic mass is 10.1. The lowest BCUT2D eigenvalue weighted by molar-refractivity contribution is -0.122. The van der Waals surface area contributed by atoms with E-state index in [0.717, 1.165) is 0 Å². The third-order valence-electron chi connectivity index (χ3n) is 4.82. The van der Waals surface area contributed by atoms with Crippen LogP contribution >= 0.6 is 35.4 Å². The number of halogens is 3. The van der Waals surface area contributed by atoms with Gasteiger partial charge < -0.3 is 4.74 Å². The van der Waals surface area contributed by atoms with Crippen molar-refractivity contribution in [3.63, 3.8) is 0 Å². The molecule has 3 aromatic rings. The summed E-state index contributed by atoms with van der Waals surface area (Å²) in [7, 11) is 0. The SMILES string of the molecule is O=C1NC(=S)N(c2ccc(Cl)cc2)C(=O)C1=Cc1ccc(OCc2c(F)cccc2Cl)cc1. The summed E-state index contributed by atoms with van der Waals surface area (Å²) in [6.45, 7) is -0.0413. The molecule has 9 heteroatoms. The first-order chi connectivity index (χ1) is 15.8. The quantitative estimate of drug-likeness (QED) is 0.283. The van der Waals surface area contributed by atoms with E-state index < -0.39 is 17.6 Å². The second-order valence-electron chi connectivity index (χ2n) is 6.99. The maximum atomic E-state index is 13.9. The summed E-state index contributed by atoms with van der Waals surface area (Å²) < 4.78 is 19.5. The molecule has 3 aromatic carbocycles. The van der Waals surface area contributed by atoms with Gasteiger partial charge in [0.2, 0.25) is 0 Å². The molecule has 0 spiro atoms. The molecule has 0 radical (unpaired) electrons. The van der Waals surface area contributed by atoms with Crippen LogP contribution in [0.1, 0.15) is 11.1 Å². The van der Waals surface area contributed by atoms with E-state index in [9.17, 15) is 14.0 Å². The number of hydrogen-bond donors (Lipinski definition) is 1. The van der Waals surface area contributed by atoms with Crippen molar-refractivity contribution >= 4 is 64.1 Å². The number of thiocarbonyl (C=S) groups is 1.